The molecule has 31 heavy (non-hydrogen) atoms. The third-order valence-corrected chi connectivity index (χ3v) is 8.01. The number of nitrogens with one attached hydrogen (secondary N) is 1. The molecule has 6 nitrogen and oxygen atoms in total. The van der Waals surface area contributed by atoms with Gasteiger partial charge >= 0.3 is 0 Å². The van der Waals surface area contributed by atoms with Gasteiger partial charge in [0.05, 0.1) is 10.8 Å². The number of carbonyl (C=O) groups is 1. The van der Waals surface area contributed by atoms with E-state index in [-0.39, 0.29) is 23.3 Å². The van der Waals surface area contributed by atoms with Gasteiger partial charge in [-0.2, -0.15) is 4.31 Å². The average molecular weight is 440 g/mol. The summed E-state index contributed by atoms with van der Waals surface area (Å²) in [5.41, 5.74) is 3.29. The summed E-state index contributed by atoms with van der Waals surface area (Å²) in [6.45, 7) is 3.22. The zero-order valence-corrected chi connectivity index (χ0v) is 18.9. The monoisotopic (exact) mass is 439 g/mol. The predicted octanol–water partition coefficient (Wildman–Crippen LogP) is 3.46. The molecule has 1 saturated heterocycles. The molecule has 0 aliphatic carbocycles. The van der Waals surface area contributed by atoms with Crippen molar-refractivity contribution in [3.63, 3.8) is 0 Å². The lowest BCUT2D eigenvalue weighted by Gasteiger charge is -2.31. The topological polar surface area (TPSA) is 71.4 Å². The van der Waals surface area contributed by atoms with E-state index in [4.69, 9.17) is 0 Å². The van der Waals surface area contributed by atoms with Crippen LogP contribution in [0.25, 0.3) is 10.9 Å². The van der Waals surface area contributed by atoms with Crippen LogP contribution in [0.1, 0.15) is 30.9 Å². The highest BCUT2D eigenvalue weighted by Gasteiger charge is 2.33. The Balaban J connectivity index is 1.43. The lowest BCUT2D eigenvalue weighted by atomic mass is 9.98. The first-order valence-corrected chi connectivity index (χ1v) is 12.2. The fourth-order valence-electron chi connectivity index (χ4n) is 4.17. The lowest BCUT2D eigenvalue weighted by molar-refractivity contribution is -0.126. The number of aryl methyl sites for hydroxylation is 2. The van der Waals surface area contributed by atoms with Crippen LogP contribution in [0.5, 0.6) is 0 Å². The predicted molar refractivity (Wildman–Crippen MR) is 122 cm³/mol. The number of aromatic nitrogens is 1. The molecule has 0 radical (unpaired) electrons. The molecule has 1 N–H and O–H groups in total. The molecule has 1 fully saturated rings. The molecule has 7 heteroatoms. The van der Waals surface area contributed by atoms with Gasteiger partial charge in [0.1, 0.15) is 0 Å². The van der Waals surface area contributed by atoms with Crippen LogP contribution in [0.15, 0.2) is 59.6 Å². The Morgan fingerprint density at radius 1 is 1.10 bits per heavy atom. The minimum absolute atomic E-state index is 0.0852. The van der Waals surface area contributed by atoms with Gasteiger partial charge in [0.15, 0.2) is 0 Å². The van der Waals surface area contributed by atoms with E-state index < -0.39 is 10.0 Å². The van der Waals surface area contributed by atoms with Gasteiger partial charge in [0.2, 0.25) is 15.9 Å². The maximum absolute atomic E-state index is 13.2. The van der Waals surface area contributed by atoms with Crippen LogP contribution in [0.3, 0.4) is 0 Å². The molecular weight excluding hydrogens is 410 g/mol. The maximum Gasteiger partial charge on any atom is 0.243 e. The molecule has 1 atom stereocenters. The van der Waals surface area contributed by atoms with Gasteiger partial charge in [-0.25, -0.2) is 8.42 Å². The SMILES string of the molecule is CCc1ccc(CNC(=O)[C@@H]2CCCN(S(=O)(=O)c3ccc4c(ccn4C)c3)C2)cc1. The number of hydrogen-bond acceptors (Lipinski definition) is 3. The summed E-state index contributed by atoms with van der Waals surface area (Å²) >= 11 is 0. The minimum atomic E-state index is -3.64. The Kier molecular flexibility index (Phi) is 6.16. The highest BCUT2D eigenvalue weighted by Crippen LogP contribution is 2.26. The Bertz CT molecular complexity index is 1180. The molecule has 3 aromatic rings. The van der Waals surface area contributed by atoms with Crippen molar-refractivity contribution in [2.24, 2.45) is 13.0 Å². The van der Waals surface area contributed by atoms with Crippen LogP contribution in [0.2, 0.25) is 0 Å². The van der Waals surface area contributed by atoms with E-state index in [0.29, 0.717) is 25.9 Å². The molecule has 0 bridgehead atoms. The second-order valence-corrected chi connectivity index (χ2v) is 10.2. The first-order chi connectivity index (χ1) is 14.9. The quantitative estimate of drug-likeness (QED) is 0.639. The number of hydrogen-bond donors (Lipinski definition) is 1. The highest BCUT2D eigenvalue weighted by atomic mass is 32.2. The van der Waals surface area contributed by atoms with Crippen molar-refractivity contribution in [3.8, 4) is 0 Å². The summed E-state index contributed by atoms with van der Waals surface area (Å²) in [5, 5.41) is 3.87. The zero-order chi connectivity index (χ0) is 22.0. The van der Waals surface area contributed by atoms with E-state index in [1.165, 1.54) is 9.87 Å². The Morgan fingerprint density at radius 3 is 2.58 bits per heavy atom. The third kappa shape index (κ3) is 4.52. The molecule has 2 aromatic carbocycles. The summed E-state index contributed by atoms with van der Waals surface area (Å²) in [4.78, 5) is 13.0. The standard InChI is InChI=1S/C24H29N3O3S/c1-3-18-6-8-19(9-7-18)16-25-24(28)21-5-4-13-27(17-21)31(29,30)22-10-11-23-20(15-22)12-14-26(23)2/h6-12,14-15,21H,3-5,13,16-17H2,1-2H3,(H,25,28)/t21-/m1/s1. The fourth-order valence-corrected chi connectivity index (χ4v) is 5.73. The molecule has 0 spiro atoms. The van der Waals surface area contributed by atoms with Gasteiger partial charge in [0, 0.05) is 43.8 Å². The van der Waals surface area contributed by atoms with E-state index >= 15 is 0 Å². The van der Waals surface area contributed by atoms with E-state index in [0.717, 1.165) is 22.9 Å². The van der Waals surface area contributed by atoms with Crippen LogP contribution in [0, 0.1) is 5.92 Å². The van der Waals surface area contributed by atoms with Gasteiger partial charge in [-0.1, -0.05) is 31.2 Å². The Labute approximate surface area is 183 Å². The van der Waals surface area contributed by atoms with Crippen molar-refractivity contribution >= 4 is 26.8 Å². The zero-order valence-electron chi connectivity index (χ0n) is 18.0. The summed E-state index contributed by atoms with van der Waals surface area (Å²) < 4.78 is 29.9. The summed E-state index contributed by atoms with van der Waals surface area (Å²) in [6, 6.07) is 15.3. The number of rotatable bonds is 6. The number of sulfonamides is 1. The molecule has 1 aliphatic heterocycles. The summed E-state index contributed by atoms with van der Waals surface area (Å²) in [7, 11) is -1.71. The molecule has 0 unspecified atom stereocenters. The normalized spacial score (nSPS) is 17.7. The van der Waals surface area contributed by atoms with Gasteiger partial charge in [-0.05, 0) is 54.7 Å². The smallest absolute Gasteiger partial charge is 0.243 e. The largest absolute Gasteiger partial charge is 0.352 e. The van der Waals surface area contributed by atoms with Crippen molar-refractivity contribution in [1.82, 2.24) is 14.2 Å². The second-order valence-electron chi connectivity index (χ2n) is 8.24. The number of carbonyl (C=O) groups excluding carboxylic acids is 1. The average Bonchev–Trinajstić information content (AvgIpc) is 3.18. The van der Waals surface area contributed by atoms with Crippen molar-refractivity contribution < 1.29 is 13.2 Å². The molecular formula is C24H29N3O3S. The van der Waals surface area contributed by atoms with Gasteiger partial charge in [-0.15, -0.1) is 0 Å². The van der Waals surface area contributed by atoms with Crippen molar-refractivity contribution in [2.45, 2.75) is 37.6 Å². The molecule has 1 aliphatic rings. The van der Waals surface area contributed by atoms with E-state index in [2.05, 4.69) is 24.4 Å². The number of piperidine rings is 1. The molecule has 0 saturated carbocycles. The Morgan fingerprint density at radius 2 is 1.84 bits per heavy atom. The molecule has 1 amide bonds. The highest BCUT2D eigenvalue weighted by molar-refractivity contribution is 7.89. The Hall–Kier alpha value is -2.64. The number of benzene rings is 2. The molecule has 164 valence electrons. The van der Waals surface area contributed by atoms with Crippen molar-refractivity contribution in [3.05, 3.63) is 65.9 Å². The third-order valence-electron chi connectivity index (χ3n) is 6.15. The van der Waals surface area contributed by atoms with Crippen LogP contribution in [-0.2, 0) is 34.8 Å². The van der Waals surface area contributed by atoms with Gasteiger partial charge < -0.3 is 9.88 Å². The van der Waals surface area contributed by atoms with E-state index in [1.807, 2.05) is 42.1 Å². The van der Waals surface area contributed by atoms with Gasteiger partial charge in [0.25, 0.3) is 0 Å². The van der Waals surface area contributed by atoms with E-state index in [1.54, 1.807) is 12.1 Å². The van der Waals surface area contributed by atoms with Crippen LogP contribution >= 0.6 is 0 Å². The minimum Gasteiger partial charge on any atom is -0.352 e. The maximum atomic E-state index is 13.2. The van der Waals surface area contributed by atoms with Crippen molar-refractivity contribution in [1.29, 1.82) is 0 Å². The summed E-state index contributed by atoms with van der Waals surface area (Å²) in [5.74, 6) is -0.420. The van der Waals surface area contributed by atoms with E-state index in [9.17, 15) is 13.2 Å². The van der Waals surface area contributed by atoms with Gasteiger partial charge in [-0.3, -0.25) is 4.79 Å². The second kappa shape index (κ2) is 8.85. The fraction of sp³-hybridized carbons (Fsp3) is 0.375. The lowest BCUT2D eigenvalue weighted by Crippen LogP contribution is -2.45. The molecule has 4 rings (SSSR count). The molecule has 1 aromatic heterocycles. The number of fused-ring (bicyclic) bond motifs is 1. The van der Waals surface area contributed by atoms with Crippen LogP contribution < -0.4 is 5.32 Å². The first kappa shape index (κ1) is 21.6. The van der Waals surface area contributed by atoms with Crippen molar-refractivity contribution in [2.75, 3.05) is 13.1 Å². The first-order valence-electron chi connectivity index (χ1n) is 10.8. The van der Waals surface area contributed by atoms with Crippen LogP contribution in [-0.4, -0.2) is 36.3 Å². The molecule has 2 heterocycles. The van der Waals surface area contributed by atoms with Crippen LogP contribution in [0.4, 0.5) is 0 Å². The number of amides is 1. The number of nitrogens with zero attached hydrogens (tertiary/aromatic N) is 2. The summed E-state index contributed by atoms with van der Waals surface area (Å²) in [6.07, 6.45) is 4.27.